The second kappa shape index (κ2) is 7.32. The maximum atomic E-state index is 14.2. The Balaban J connectivity index is 1.85. The van der Waals surface area contributed by atoms with Crippen molar-refractivity contribution in [3.8, 4) is 5.75 Å². The van der Waals surface area contributed by atoms with E-state index in [1.807, 2.05) is 36.4 Å². The largest absolute Gasteiger partial charge is 0.489 e. The van der Waals surface area contributed by atoms with Crippen LogP contribution in [0.4, 0.5) is 4.39 Å². The molecule has 2 aromatic carbocycles. The Labute approximate surface area is 142 Å². The summed E-state index contributed by atoms with van der Waals surface area (Å²) < 4.78 is 31.4. The number of ether oxygens (including phenoxy) is 3. The molecule has 2 atom stereocenters. The predicted octanol–water partition coefficient (Wildman–Crippen LogP) is 4.45. The summed E-state index contributed by atoms with van der Waals surface area (Å²) in [6, 6.07) is 14.6. The van der Waals surface area contributed by atoms with Crippen LogP contribution in [0.2, 0.25) is 0 Å². The van der Waals surface area contributed by atoms with Crippen molar-refractivity contribution in [2.75, 3.05) is 14.2 Å². The minimum atomic E-state index is -0.609. The van der Waals surface area contributed by atoms with E-state index in [2.05, 4.69) is 0 Å². The van der Waals surface area contributed by atoms with Crippen LogP contribution in [0.3, 0.4) is 0 Å². The molecule has 3 rings (SSSR count). The van der Waals surface area contributed by atoms with E-state index in [4.69, 9.17) is 14.2 Å². The van der Waals surface area contributed by atoms with Crippen LogP contribution in [0.1, 0.15) is 30.4 Å². The first kappa shape index (κ1) is 16.9. The highest BCUT2D eigenvalue weighted by molar-refractivity contribution is 5.35. The van der Waals surface area contributed by atoms with Crippen molar-refractivity contribution in [3.05, 3.63) is 65.5 Å². The van der Waals surface area contributed by atoms with Gasteiger partial charge in [-0.25, -0.2) is 4.39 Å². The normalized spacial score (nSPS) is 23.4. The third-order valence-corrected chi connectivity index (χ3v) is 4.79. The van der Waals surface area contributed by atoms with E-state index in [1.165, 1.54) is 12.1 Å². The van der Waals surface area contributed by atoms with Crippen molar-refractivity contribution in [1.29, 1.82) is 0 Å². The third-order valence-electron chi connectivity index (χ3n) is 4.79. The predicted molar refractivity (Wildman–Crippen MR) is 90.5 cm³/mol. The summed E-state index contributed by atoms with van der Waals surface area (Å²) in [6.45, 7) is 0.400. The molecule has 0 bridgehead atoms. The molecule has 24 heavy (non-hydrogen) atoms. The van der Waals surface area contributed by atoms with E-state index < -0.39 is 5.60 Å². The van der Waals surface area contributed by atoms with Gasteiger partial charge < -0.3 is 14.2 Å². The smallest absolute Gasteiger partial charge is 0.127 e. The minimum Gasteiger partial charge on any atom is -0.489 e. The van der Waals surface area contributed by atoms with Crippen molar-refractivity contribution in [1.82, 2.24) is 0 Å². The zero-order valence-electron chi connectivity index (χ0n) is 14.1. The van der Waals surface area contributed by atoms with Crippen molar-refractivity contribution in [2.45, 2.75) is 37.6 Å². The molecule has 1 aliphatic rings. The first-order chi connectivity index (χ1) is 11.7. The van der Waals surface area contributed by atoms with Gasteiger partial charge in [0.2, 0.25) is 0 Å². The van der Waals surface area contributed by atoms with Crippen LogP contribution in [0.5, 0.6) is 5.75 Å². The molecule has 0 aliphatic heterocycles. The summed E-state index contributed by atoms with van der Waals surface area (Å²) in [5, 5.41) is 0. The van der Waals surface area contributed by atoms with Crippen LogP contribution in [0, 0.1) is 5.82 Å². The molecule has 0 amide bonds. The zero-order chi connectivity index (χ0) is 17.0. The highest BCUT2D eigenvalue weighted by atomic mass is 19.1. The van der Waals surface area contributed by atoms with E-state index >= 15 is 0 Å². The second-order valence-corrected chi connectivity index (χ2v) is 6.16. The number of hydrogen-bond donors (Lipinski definition) is 0. The van der Waals surface area contributed by atoms with Gasteiger partial charge in [-0.05, 0) is 42.5 Å². The molecule has 0 aromatic heterocycles. The second-order valence-electron chi connectivity index (χ2n) is 6.16. The van der Waals surface area contributed by atoms with Gasteiger partial charge in [-0.1, -0.05) is 30.3 Å². The van der Waals surface area contributed by atoms with E-state index in [1.54, 1.807) is 14.2 Å². The molecular weight excluding hydrogens is 307 g/mol. The van der Waals surface area contributed by atoms with Crippen molar-refractivity contribution in [2.24, 2.45) is 0 Å². The molecule has 3 nitrogen and oxygen atoms in total. The quantitative estimate of drug-likeness (QED) is 0.783. The Morgan fingerprint density at radius 2 is 1.92 bits per heavy atom. The SMILES string of the molecule is COC1CCCC1(OC)c1cc(F)cc(OCc2ccccc2)c1. The van der Waals surface area contributed by atoms with E-state index in [-0.39, 0.29) is 11.9 Å². The Morgan fingerprint density at radius 1 is 1.12 bits per heavy atom. The molecule has 0 saturated heterocycles. The highest BCUT2D eigenvalue weighted by Crippen LogP contribution is 2.44. The van der Waals surface area contributed by atoms with Crippen LogP contribution >= 0.6 is 0 Å². The average Bonchev–Trinajstić information content (AvgIpc) is 3.04. The van der Waals surface area contributed by atoms with Crippen LogP contribution < -0.4 is 4.74 Å². The van der Waals surface area contributed by atoms with Gasteiger partial charge in [0.05, 0.1) is 6.10 Å². The lowest BCUT2D eigenvalue weighted by Gasteiger charge is -2.34. The van der Waals surface area contributed by atoms with Gasteiger partial charge in [-0.2, -0.15) is 0 Å². The Kier molecular flexibility index (Phi) is 5.17. The van der Waals surface area contributed by atoms with E-state index in [0.29, 0.717) is 12.4 Å². The topological polar surface area (TPSA) is 27.7 Å². The Hall–Kier alpha value is -1.91. The third kappa shape index (κ3) is 3.30. The number of halogens is 1. The van der Waals surface area contributed by atoms with Crippen molar-refractivity contribution < 1.29 is 18.6 Å². The molecule has 2 aromatic rings. The Morgan fingerprint density at radius 3 is 2.62 bits per heavy atom. The highest BCUT2D eigenvalue weighted by Gasteiger charge is 2.45. The molecule has 1 saturated carbocycles. The number of hydrogen-bond acceptors (Lipinski definition) is 3. The number of benzene rings is 2. The van der Waals surface area contributed by atoms with Crippen LogP contribution in [-0.2, 0) is 21.7 Å². The fourth-order valence-electron chi connectivity index (χ4n) is 3.57. The summed E-state index contributed by atoms with van der Waals surface area (Å²) in [4.78, 5) is 0. The first-order valence-electron chi connectivity index (χ1n) is 8.23. The minimum absolute atomic E-state index is 0.0775. The summed E-state index contributed by atoms with van der Waals surface area (Å²) in [7, 11) is 3.34. The van der Waals surface area contributed by atoms with Gasteiger partial charge in [-0.3, -0.25) is 0 Å². The Bertz CT molecular complexity index is 674. The molecule has 0 spiro atoms. The van der Waals surface area contributed by atoms with Crippen molar-refractivity contribution >= 4 is 0 Å². The standard InChI is InChI=1S/C20H23FO3/c1-22-19-9-6-10-20(19,23-2)16-11-17(21)13-18(12-16)24-14-15-7-4-3-5-8-15/h3-5,7-8,11-13,19H,6,9-10,14H2,1-2H3. The lowest BCUT2D eigenvalue weighted by atomic mass is 9.89. The molecule has 128 valence electrons. The fourth-order valence-corrected chi connectivity index (χ4v) is 3.57. The number of methoxy groups -OCH3 is 2. The summed E-state index contributed by atoms with van der Waals surface area (Å²) in [6.07, 6.45) is 2.62. The van der Waals surface area contributed by atoms with Gasteiger partial charge in [0.1, 0.15) is 23.8 Å². The van der Waals surface area contributed by atoms with Gasteiger partial charge in [0.15, 0.2) is 0 Å². The van der Waals surface area contributed by atoms with E-state index in [9.17, 15) is 4.39 Å². The fraction of sp³-hybridized carbons (Fsp3) is 0.400. The average molecular weight is 330 g/mol. The summed E-state index contributed by atoms with van der Waals surface area (Å²) >= 11 is 0. The van der Waals surface area contributed by atoms with E-state index in [0.717, 1.165) is 30.4 Å². The first-order valence-corrected chi connectivity index (χ1v) is 8.23. The molecule has 1 fully saturated rings. The molecule has 0 radical (unpaired) electrons. The molecule has 0 heterocycles. The maximum Gasteiger partial charge on any atom is 0.127 e. The molecule has 1 aliphatic carbocycles. The number of rotatable bonds is 6. The molecule has 4 heteroatoms. The molecule has 0 N–H and O–H groups in total. The maximum absolute atomic E-state index is 14.2. The summed E-state index contributed by atoms with van der Waals surface area (Å²) in [5.74, 6) is 0.181. The van der Waals surface area contributed by atoms with Crippen LogP contribution in [0.25, 0.3) is 0 Å². The molecular formula is C20H23FO3. The van der Waals surface area contributed by atoms with Gasteiger partial charge in [-0.15, -0.1) is 0 Å². The van der Waals surface area contributed by atoms with Crippen molar-refractivity contribution in [3.63, 3.8) is 0 Å². The van der Waals surface area contributed by atoms with Crippen LogP contribution in [-0.4, -0.2) is 20.3 Å². The monoisotopic (exact) mass is 330 g/mol. The lowest BCUT2D eigenvalue weighted by Crippen LogP contribution is -2.38. The molecule has 2 unspecified atom stereocenters. The van der Waals surface area contributed by atoms with Crippen LogP contribution in [0.15, 0.2) is 48.5 Å². The van der Waals surface area contributed by atoms with Gasteiger partial charge in [0.25, 0.3) is 0 Å². The van der Waals surface area contributed by atoms with Gasteiger partial charge in [0, 0.05) is 20.3 Å². The zero-order valence-corrected chi connectivity index (χ0v) is 14.1. The van der Waals surface area contributed by atoms with Gasteiger partial charge >= 0.3 is 0 Å². The summed E-state index contributed by atoms with van der Waals surface area (Å²) in [5.41, 5.74) is 1.21. The lowest BCUT2D eigenvalue weighted by molar-refractivity contribution is -0.104.